The molecule has 2 aromatic rings. The van der Waals surface area contributed by atoms with Gasteiger partial charge in [-0.05, 0) is 47.8 Å². The van der Waals surface area contributed by atoms with Gasteiger partial charge in [0.2, 0.25) is 0 Å². The third kappa shape index (κ3) is 3.41. The number of benzene rings is 1. The number of nitrogens with one attached hydrogen (secondary N) is 1. The number of nitrogens with two attached hydrogens (primary N) is 1. The lowest BCUT2D eigenvalue weighted by Crippen LogP contribution is -2.29. The Bertz CT molecular complexity index is 595. The number of fused-ring (bicyclic) bond motifs is 1. The summed E-state index contributed by atoms with van der Waals surface area (Å²) in [5.74, 6) is 5.66. The minimum Gasteiger partial charge on any atom is -0.271 e. The van der Waals surface area contributed by atoms with Gasteiger partial charge in [-0.1, -0.05) is 23.8 Å². The molecule has 1 heterocycles. The SMILES string of the molecule is C=C(C)CCC(NN)c1nc2ccccc2cc1Br. The van der Waals surface area contributed by atoms with Crippen molar-refractivity contribution < 1.29 is 0 Å². The highest BCUT2D eigenvalue weighted by Crippen LogP contribution is 2.28. The van der Waals surface area contributed by atoms with Crippen molar-refractivity contribution in [3.05, 3.63) is 52.7 Å². The molecule has 1 aromatic carbocycles. The maximum atomic E-state index is 5.66. The van der Waals surface area contributed by atoms with E-state index in [9.17, 15) is 0 Å². The largest absolute Gasteiger partial charge is 0.271 e. The van der Waals surface area contributed by atoms with E-state index in [0.29, 0.717) is 0 Å². The molecule has 100 valence electrons. The molecule has 0 fully saturated rings. The molecule has 1 atom stereocenters. The Kier molecular flexibility index (Phi) is 4.69. The highest BCUT2D eigenvalue weighted by Gasteiger charge is 2.15. The van der Waals surface area contributed by atoms with Gasteiger partial charge in [-0.25, -0.2) is 4.98 Å². The van der Waals surface area contributed by atoms with Crippen molar-refractivity contribution in [2.75, 3.05) is 0 Å². The first kappa shape index (κ1) is 14.2. The number of hydrogen-bond acceptors (Lipinski definition) is 3. The Morgan fingerprint density at radius 1 is 1.47 bits per heavy atom. The maximum Gasteiger partial charge on any atom is 0.0736 e. The summed E-state index contributed by atoms with van der Waals surface area (Å²) >= 11 is 3.59. The Labute approximate surface area is 122 Å². The summed E-state index contributed by atoms with van der Waals surface area (Å²) in [7, 11) is 0. The molecule has 2 rings (SSSR count). The van der Waals surface area contributed by atoms with Crippen molar-refractivity contribution in [3.63, 3.8) is 0 Å². The molecule has 0 aliphatic heterocycles. The van der Waals surface area contributed by atoms with Gasteiger partial charge in [0.05, 0.1) is 17.3 Å². The normalized spacial score (nSPS) is 12.6. The van der Waals surface area contributed by atoms with E-state index < -0.39 is 0 Å². The highest BCUT2D eigenvalue weighted by molar-refractivity contribution is 9.10. The number of halogens is 1. The van der Waals surface area contributed by atoms with Crippen LogP contribution in [-0.4, -0.2) is 4.98 Å². The molecule has 3 N–H and O–H groups in total. The van der Waals surface area contributed by atoms with Gasteiger partial charge in [0, 0.05) is 9.86 Å². The Morgan fingerprint density at radius 2 is 2.21 bits per heavy atom. The molecule has 0 aliphatic carbocycles. The quantitative estimate of drug-likeness (QED) is 0.500. The van der Waals surface area contributed by atoms with Crippen LogP contribution in [0.1, 0.15) is 31.5 Å². The summed E-state index contributed by atoms with van der Waals surface area (Å²) in [6, 6.07) is 10.2. The lowest BCUT2D eigenvalue weighted by molar-refractivity contribution is 0.503. The van der Waals surface area contributed by atoms with Crippen LogP contribution in [0.4, 0.5) is 0 Å². The zero-order valence-corrected chi connectivity index (χ0v) is 12.6. The van der Waals surface area contributed by atoms with Crippen molar-refractivity contribution in [1.29, 1.82) is 0 Å². The summed E-state index contributed by atoms with van der Waals surface area (Å²) in [6.45, 7) is 5.95. The number of allylic oxidation sites excluding steroid dienone is 1. The molecule has 19 heavy (non-hydrogen) atoms. The third-order valence-electron chi connectivity index (χ3n) is 3.10. The van der Waals surface area contributed by atoms with Crippen LogP contribution >= 0.6 is 15.9 Å². The molecular formula is C15H18BrN3. The van der Waals surface area contributed by atoms with E-state index in [1.807, 2.05) is 25.1 Å². The lowest BCUT2D eigenvalue weighted by atomic mass is 10.0. The van der Waals surface area contributed by atoms with Crippen LogP contribution < -0.4 is 11.3 Å². The number of nitrogens with zero attached hydrogens (tertiary/aromatic N) is 1. The summed E-state index contributed by atoms with van der Waals surface area (Å²) in [4.78, 5) is 4.70. The van der Waals surface area contributed by atoms with Crippen LogP contribution in [0.3, 0.4) is 0 Å². The second-order valence-electron chi connectivity index (χ2n) is 4.76. The van der Waals surface area contributed by atoms with E-state index in [1.54, 1.807) is 0 Å². The van der Waals surface area contributed by atoms with E-state index >= 15 is 0 Å². The first-order valence-corrected chi connectivity index (χ1v) is 7.07. The zero-order chi connectivity index (χ0) is 13.8. The summed E-state index contributed by atoms with van der Waals surface area (Å²) < 4.78 is 0.982. The smallest absolute Gasteiger partial charge is 0.0736 e. The number of para-hydroxylation sites is 1. The van der Waals surface area contributed by atoms with Crippen LogP contribution in [0.5, 0.6) is 0 Å². The third-order valence-corrected chi connectivity index (χ3v) is 3.73. The zero-order valence-electron chi connectivity index (χ0n) is 11.0. The lowest BCUT2D eigenvalue weighted by Gasteiger charge is -2.17. The van der Waals surface area contributed by atoms with Crippen LogP contribution in [-0.2, 0) is 0 Å². The fourth-order valence-corrected chi connectivity index (χ4v) is 2.65. The van der Waals surface area contributed by atoms with Crippen molar-refractivity contribution in [3.8, 4) is 0 Å². The van der Waals surface area contributed by atoms with Gasteiger partial charge in [0.15, 0.2) is 0 Å². The van der Waals surface area contributed by atoms with E-state index in [2.05, 4.69) is 40.1 Å². The summed E-state index contributed by atoms with van der Waals surface area (Å²) in [5.41, 5.74) is 5.93. The van der Waals surface area contributed by atoms with Crippen LogP contribution in [0.15, 0.2) is 47.0 Å². The molecular weight excluding hydrogens is 302 g/mol. The molecule has 0 radical (unpaired) electrons. The molecule has 1 aromatic heterocycles. The average molecular weight is 320 g/mol. The van der Waals surface area contributed by atoms with Crippen molar-refractivity contribution in [1.82, 2.24) is 10.4 Å². The van der Waals surface area contributed by atoms with Crippen molar-refractivity contribution in [2.45, 2.75) is 25.8 Å². The topological polar surface area (TPSA) is 50.9 Å². The molecule has 0 saturated heterocycles. The van der Waals surface area contributed by atoms with Crippen LogP contribution in [0.25, 0.3) is 10.9 Å². The molecule has 3 nitrogen and oxygen atoms in total. The first-order chi connectivity index (χ1) is 9.11. The molecule has 4 heteroatoms. The molecule has 1 unspecified atom stereocenters. The van der Waals surface area contributed by atoms with E-state index in [-0.39, 0.29) is 6.04 Å². The van der Waals surface area contributed by atoms with Gasteiger partial charge < -0.3 is 0 Å². The minimum absolute atomic E-state index is 0.0238. The van der Waals surface area contributed by atoms with Gasteiger partial charge >= 0.3 is 0 Å². The van der Waals surface area contributed by atoms with Gasteiger partial charge in [0.25, 0.3) is 0 Å². The van der Waals surface area contributed by atoms with E-state index in [0.717, 1.165) is 39.5 Å². The number of rotatable bonds is 5. The second-order valence-corrected chi connectivity index (χ2v) is 5.62. The Balaban J connectivity index is 2.36. The Morgan fingerprint density at radius 3 is 2.89 bits per heavy atom. The number of pyridine rings is 1. The van der Waals surface area contributed by atoms with Crippen LogP contribution in [0.2, 0.25) is 0 Å². The predicted octanol–water partition coefficient (Wildman–Crippen LogP) is 3.86. The number of hydrogen-bond donors (Lipinski definition) is 2. The summed E-state index contributed by atoms with van der Waals surface area (Å²) in [5, 5.41) is 1.12. The number of aromatic nitrogens is 1. The van der Waals surface area contributed by atoms with E-state index in [1.165, 1.54) is 0 Å². The standard InChI is InChI=1S/C15H18BrN3/c1-10(2)7-8-14(19-17)15-12(16)9-11-5-3-4-6-13(11)18-15/h3-6,9,14,19H,1,7-8,17H2,2H3. The van der Waals surface area contributed by atoms with Crippen molar-refractivity contribution in [2.24, 2.45) is 5.84 Å². The fraction of sp³-hybridized carbons (Fsp3) is 0.267. The molecule has 0 saturated carbocycles. The molecule has 0 amide bonds. The molecule has 0 spiro atoms. The number of hydrazine groups is 1. The second kappa shape index (κ2) is 6.28. The van der Waals surface area contributed by atoms with Gasteiger partial charge in [0.1, 0.15) is 0 Å². The maximum absolute atomic E-state index is 5.66. The van der Waals surface area contributed by atoms with Gasteiger partial charge in [-0.2, -0.15) is 0 Å². The minimum atomic E-state index is 0.0238. The van der Waals surface area contributed by atoms with Crippen LogP contribution in [0, 0.1) is 0 Å². The van der Waals surface area contributed by atoms with Gasteiger partial charge in [-0.3, -0.25) is 11.3 Å². The van der Waals surface area contributed by atoms with E-state index in [4.69, 9.17) is 10.8 Å². The molecule has 0 aliphatic rings. The fourth-order valence-electron chi connectivity index (χ4n) is 2.04. The predicted molar refractivity (Wildman–Crippen MR) is 83.6 cm³/mol. The summed E-state index contributed by atoms with van der Waals surface area (Å²) in [6.07, 6.45) is 1.81. The van der Waals surface area contributed by atoms with Crippen molar-refractivity contribution >= 4 is 26.8 Å². The first-order valence-electron chi connectivity index (χ1n) is 6.27. The highest BCUT2D eigenvalue weighted by atomic mass is 79.9. The monoisotopic (exact) mass is 319 g/mol. The van der Waals surface area contributed by atoms with Gasteiger partial charge in [-0.15, -0.1) is 6.58 Å². The average Bonchev–Trinajstić information content (AvgIpc) is 2.39. The molecule has 0 bridgehead atoms. The Hall–Kier alpha value is -1.23.